The predicted octanol–water partition coefficient (Wildman–Crippen LogP) is 4.89. The number of benzene rings is 2. The lowest BCUT2D eigenvalue weighted by Crippen LogP contribution is -2.17. The number of aryl methyl sites for hydroxylation is 2. The molecule has 0 heterocycles. The average Bonchev–Trinajstić information content (AvgIpc) is 2.54. The zero-order chi connectivity index (χ0) is 17.9. The summed E-state index contributed by atoms with van der Waals surface area (Å²) in [5, 5.41) is 0. The summed E-state index contributed by atoms with van der Waals surface area (Å²) in [6, 6.07) is 13.3. The molecule has 2 aromatic carbocycles. The minimum atomic E-state index is 0.184. The van der Waals surface area contributed by atoms with E-state index >= 15 is 0 Å². The second-order valence-electron chi connectivity index (χ2n) is 7.76. The Balaban J connectivity index is 2.28. The normalized spacial score (nSPS) is 13.0. The van der Waals surface area contributed by atoms with Gasteiger partial charge < -0.3 is 10.5 Å². The van der Waals surface area contributed by atoms with Crippen LogP contribution in [0, 0.1) is 13.8 Å². The van der Waals surface area contributed by atoms with Crippen LogP contribution in [-0.2, 0) is 11.8 Å². The van der Waals surface area contributed by atoms with Gasteiger partial charge in [-0.25, -0.2) is 0 Å². The van der Waals surface area contributed by atoms with Crippen molar-refractivity contribution in [2.75, 3.05) is 13.7 Å². The molecule has 2 rings (SSSR count). The van der Waals surface area contributed by atoms with Crippen LogP contribution < -0.4 is 10.5 Å². The minimum absolute atomic E-state index is 0.184. The first-order valence-electron chi connectivity index (χ1n) is 8.71. The van der Waals surface area contributed by atoms with E-state index in [2.05, 4.69) is 71.0 Å². The van der Waals surface area contributed by atoms with Gasteiger partial charge in [0.05, 0.1) is 7.11 Å². The summed E-state index contributed by atoms with van der Waals surface area (Å²) in [5.74, 6) is 1.21. The monoisotopic (exact) mass is 325 g/mol. The van der Waals surface area contributed by atoms with E-state index in [4.69, 9.17) is 10.5 Å². The van der Waals surface area contributed by atoms with Crippen LogP contribution in [0.5, 0.6) is 5.75 Å². The zero-order valence-corrected chi connectivity index (χ0v) is 15.9. The fraction of sp³-hybridized carbons (Fsp3) is 0.455. The molecule has 0 aliphatic heterocycles. The van der Waals surface area contributed by atoms with Gasteiger partial charge in [0, 0.05) is 5.92 Å². The maximum absolute atomic E-state index is 6.11. The highest BCUT2D eigenvalue weighted by Crippen LogP contribution is 2.32. The van der Waals surface area contributed by atoms with E-state index in [9.17, 15) is 0 Å². The van der Waals surface area contributed by atoms with E-state index < -0.39 is 0 Å². The molecule has 0 aliphatic rings. The van der Waals surface area contributed by atoms with E-state index in [0.717, 1.165) is 12.2 Å². The number of hydrogen-bond donors (Lipinski definition) is 1. The molecule has 0 bridgehead atoms. The van der Waals surface area contributed by atoms with Crippen LogP contribution in [0.1, 0.15) is 54.5 Å². The second-order valence-corrected chi connectivity index (χ2v) is 7.76. The van der Waals surface area contributed by atoms with Crippen molar-refractivity contribution in [3.63, 3.8) is 0 Å². The number of rotatable bonds is 5. The first-order chi connectivity index (χ1) is 11.3. The largest absolute Gasteiger partial charge is 0.496 e. The standard InChI is InChI=1S/C22H31NO/c1-15-11-20(21(24-6)12-16(15)2)18(14-23)13-17-7-9-19(10-8-17)22(3,4)5/h7-12,18H,13-14,23H2,1-6H3. The van der Waals surface area contributed by atoms with E-state index in [1.165, 1.54) is 27.8 Å². The van der Waals surface area contributed by atoms with Crippen LogP contribution in [0.15, 0.2) is 36.4 Å². The highest BCUT2D eigenvalue weighted by Gasteiger charge is 2.18. The van der Waals surface area contributed by atoms with Crippen LogP contribution in [0.2, 0.25) is 0 Å². The van der Waals surface area contributed by atoms with Gasteiger partial charge in [-0.15, -0.1) is 0 Å². The number of methoxy groups -OCH3 is 1. The molecule has 0 saturated carbocycles. The van der Waals surface area contributed by atoms with Gasteiger partial charge in [0.15, 0.2) is 0 Å². The van der Waals surface area contributed by atoms with Crippen LogP contribution in [0.3, 0.4) is 0 Å². The lowest BCUT2D eigenvalue weighted by molar-refractivity contribution is 0.404. The Kier molecular flexibility index (Phi) is 5.71. The fourth-order valence-corrected chi connectivity index (χ4v) is 3.05. The first kappa shape index (κ1) is 18.5. The Hall–Kier alpha value is -1.80. The molecule has 2 aromatic rings. The minimum Gasteiger partial charge on any atom is -0.496 e. The van der Waals surface area contributed by atoms with Gasteiger partial charge in [0.1, 0.15) is 5.75 Å². The number of ether oxygens (including phenoxy) is 1. The summed E-state index contributed by atoms with van der Waals surface area (Å²) in [7, 11) is 1.74. The molecular weight excluding hydrogens is 294 g/mol. The molecule has 1 unspecified atom stereocenters. The van der Waals surface area contributed by atoms with Crippen molar-refractivity contribution < 1.29 is 4.74 Å². The zero-order valence-electron chi connectivity index (χ0n) is 15.9. The van der Waals surface area contributed by atoms with Crippen molar-refractivity contribution in [2.45, 2.75) is 52.4 Å². The van der Waals surface area contributed by atoms with E-state index in [-0.39, 0.29) is 11.3 Å². The topological polar surface area (TPSA) is 35.2 Å². The Morgan fingerprint density at radius 3 is 2.08 bits per heavy atom. The molecule has 2 N–H and O–H groups in total. The van der Waals surface area contributed by atoms with Crippen LogP contribution in [0.25, 0.3) is 0 Å². The molecule has 2 nitrogen and oxygen atoms in total. The third-order valence-electron chi connectivity index (χ3n) is 4.87. The van der Waals surface area contributed by atoms with Crippen molar-refractivity contribution in [2.24, 2.45) is 5.73 Å². The quantitative estimate of drug-likeness (QED) is 0.849. The highest BCUT2D eigenvalue weighted by molar-refractivity contribution is 5.44. The summed E-state index contributed by atoms with van der Waals surface area (Å²) in [6.07, 6.45) is 0.930. The van der Waals surface area contributed by atoms with Gasteiger partial charge in [-0.3, -0.25) is 0 Å². The number of nitrogens with two attached hydrogens (primary N) is 1. The van der Waals surface area contributed by atoms with Gasteiger partial charge in [-0.2, -0.15) is 0 Å². The summed E-state index contributed by atoms with van der Waals surface area (Å²) in [5.41, 5.74) is 12.7. The lowest BCUT2D eigenvalue weighted by Gasteiger charge is -2.22. The molecule has 0 saturated heterocycles. The van der Waals surface area contributed by atoms with Crippen molar-refractivity contribution >= 4 is 0 Å². The Bertz CT molecular complexity index is 680. The van der Waals surface area contributed by atoms with Crippen LogP contribution in [0.4, 0.5) is 0 Å². The predicted molar refractivity (Wildman–Crippen MR) is 103 cm³/mol. The van der Waals surface area contributed by atoms with Crippen molar-refractivity contribution in [3.8, 4) is 5.75 Å². The highest BCUT2D eigenvalue weighted by atomic mass is 16.5. The molecular formula is C22H31NO. The van der Waals surface area contributed by atoms with Crippen LogP contribution in [-0.4, -0.2) is 13.7 Å². The molecule has 1 atom stereocenters. The third-order valence-corrected chi connectivity index (χ3v) is 4.87. The van der Waals surface area contributed by atoms with Gasteiger partial charge in [-0.1, -0.05) is 51.1 Å². The first-order valence-corrected chi connectivity index (χ1v) is 8.71. The molecule has 130 valence electrons. The maximum atomic E-state index is 6.11. The van der Waals surface area contributed by atoms with Gasteiger partial charge in [-0.05, 0) is 66.1 Å². The van der Waals surface area contributed by atoms with Gasteiger partial charge in [0.2, 0.25) is 0 Å². The molecule has 0 fully saturated rings. The molecule has 2 heteroatoms. The Labute approximate surface area is 147 Å². The third kappa shape index (κ3) is 4.18. The number of hydrogen-bond acceptors (Lipinski definition) is 2. The molecule has 24 heavy (non-hydrogen) atoms. The molecule has 0 radical (unpaired) electrons. The summed E-state index contributed by atoms with van der Waals surface area (Å²) < 4.78 is 5.61. The molecule has 0 amide bonds. The molecule has 0 aromatic heterocycles. The lowest BCUT2D eigenvalue weighted by atomic mass is 9.85. The average molecular weight is 325 g/mol. The SMILES string of the molecule is COc1cc(C)c(C)cc1C(CN)Cc1ccc(C(C)(C)C)cc1. The molecule has 0 aliphatic carbocycles. The Morgan fingerprint density at radius 2 is 1.58 bits per heavy atom. The summed E-state index contributed by atoms with van der Waals surface area (Å²) in [6.45, 7) is 11.6. The van der Waals surface area contributed by atoms with Gasteiger partial charge in [0.25, 0.3) is 0 Å². The molecule has 0 spiro atoms. The second kappa shape index (κ2) is 7.40. The van der Waals surface area contributed by atoms with Gasteiger partial charge >= 0.3 is 0 Å². The smallest absolute Gasteiger partial charge is 0.122 e. The van der Waals surface area contributed by atoms with E-state index in [1.54, 1.807) is 7.11 Å². The Morgan fingerprint density at radius 1 is 1.00 bits per heavy atom. The van der Waals surface area contributed by atoms with E-state index in [1.807, 2.05) is 0 Å². The van der Waals surface area contributed by atoms with Crippen LogP contribution >= 0.6 is 0 Å². The fourth-order valence-electron chi connectivity index (χ4n) is 3.05. The maximum Gasteiger partial charge on any atom is 0.122 e. The van der Waals surface area contributed by atoms with Crippen molar-refractivity contribution in [1.82, 2.24) is 0 Å². The summed E-state index contributed by atoms with van der Waals surface area (Å²) >= 11 is 0. The van der Waals surface area contributed by atoms with Crippen molar-refractivity contribution in [3.05, 3.63) is 64.2 Å². The van der Waals surface area contributed by atoms with Crippen molar-refractivity contribution in [1.29, 1.82) is 0 Å². The summed E-state index contributed by atoms with van der Waals surface area (Å²) in [4.78, 5) is 0. The van der Waals surface area contributed by atoms with E-state index in [0.29, 0.717) is 6.54 Å².